The Morgan fingerprint density at radius 3 is 2.47 bits per heavy atom. The average Bonchev–Trinajstić information content (AvgIpc) is 3.28. The van der Waals surface area contributed by atoms with Gasteiger partial charge in [0, 0.05) is 18.7 Å². The molecule has 0 unspecified atom stereocenters. The number of sulfonamides is 1. The van der Waals surface area contributed by atoms with Crippen LogP contribution in [-0.4, -0.2) is 44.9 Å². The number of benzene rings is 2. The van der Waals surface area contributed by atoms with Crippen molar-refractivity contribution in [3.8, 4) is 5.75 Å². The maximum Gasteiger partial charge on any atom is 0.251 e. The van der Waals surface area contributed by atoms with Gasteiger partial charge in [-0.3, -0.25) is 4.79 Å². The second-order valence-corrected chi connectivity index (χ2v) is 9.50. The molecular weight excluding hydrogens is 400 g/mol. The highest BCUT2D eigenvalue weighted by molar-refractivity contribution is 7.89. The molecule has 0 bridgehead atoms. The largest absolute Gasteiger partial charge is 0.492 e. The van der Waals surface area contributed by atoms with Gasteiger partial charge >= 0.3 is 0 Å². The number of rotatable bonds is 9. The zero-order valence-electron chi connectivity index (χ0n) is 17.7. The van der Waals surface area contributed by atoms with Crippen molar-refractivity contribution in [2.75, 3.05) is 26.2 Å². The van der Waals surface area contributed by atoms with Gasteiger partial charge in [-0.1, -0.05) is 31.5 Å². The highest BCUT2D eigenvalue weighted by atomic mass is 32.2. The number of carbonyl (C=O) groups excluding carboxylic acids is 1. The molecule has 7 heteroatoms. The fourth-order valence-electron chi connectivity index (χ4n) is 3.56. The first-order valence-electron chi connectivity index (χ1n) is 10.5. The minimum atomic E-state index is -3.57. The summed E-state index contributed by atoms with van der Waals surface area (Å²) in [6.45, 7) is 5.64. The van der Waals surface area contributed by atoms with Crippen molar-refractivity contribution in [3.63, 3.8) is 0 Å². The SMILES string of the molecule is CCCc1ccc(OCCNC(=O)c2ccc(C)c(S(=O)(=O)N3CCCC3)c2)cc1. The van der Waals surface area contributed by atoms with Gasteiger partial charge in [-0.05, 0) is 61.6 Å². The standard InChI is InChI=1S/C23H30N2O4S/c1-3-6-19-8-11-21(12-9-19)29-16-13-24-23(26)20-10-7-18(2)22(17-20)30(27,28)25-14-4-5-15-25/h7-12,17H,3-6,13-16H2,1-2H3,(H,24,26). The average molecular weight is 431 g/mol. The lowest BCUT2D eigenvalue weighted by atomic mass is 10.1. The summed E-state index contributed by atoms with van der Waals surface area (Å²) in [5.41, 5.74) is 2.26. The smallest absolute Gasteiger partial charge is 0.251 e. The van der Waals surface area contributed by atoms with E-state index in [-0.39, 0.29) is 10.8 Å². The molecule has 0 aliphatic carbocycles. The zero-order chi connectivity index (χ0) is 21.6. The lowest BCUT2D eigenvalue weighted by molar-refractivity contribution is 0.0946. The van der Waals surface area contributed by atoms with Crippen LogP contribution in [0.3, 0.4) is 0 Å². The van der Waals surface area contributed by atoms with Crippen LogP contribution in [0.4, 0.5) is 0 Å². The van der Waals surface area contributed by atoms with Gasteiger partial charge in [-0.25, -0.2) is 8.42 Å². The lowest BCUT2D eigenvalue weighted by Gasteiger charge is -2.18. The van der Waals surface area contributed by atoms with Crippen molar-refractivity contribution in [1.82, 2.24) is 9.62 Å². The van der Waals surface area contributed by atoms with E-state index in [4.69, 9.17) is 4.74 Å². The van der Waals surface area contributed by atoms with Gasteiger partial charge in [0.05, 0.1) is 11.4 Å². The topological polar surface area (TPSA) is 75.7 Å². The van der Waals surface area contributed by atoms with Crippen molar-refractivity contribution in [2.45, 2.75) is 44.4 Å². The number of aryl methyl sites for hydroxylation is 2. The maximum atomic E-state index is 12.9. The van der Waals surface area contributed by atoms with Crippen LogP contribution < -0.4 is 10.1 Å². The summed E-state index contributed by atoms with van der Waals surface area (Å²) in [6.07, 6.45) is 3.90. The van der Waals surface area contributed by atoms with Crippen molar-refractivity contribution in [2.24, 2.45) is 0 Å². The Labute approximate surface area is 179 Å². The van der Waals surface area contributed by atoms with Gasteiger partial charge in [0.15, 0.2) is 0 Å². The number of ether oxygens (including phenoxy) is 1. The van der Waals surface area contributed by atoms with E-state index in [2.05, 4.69) is 12.2 Å². The fraction of sp³-hybridized carbons (Fsp3) is 0.435. The van der Waals surface area contributed by atoms with Crippen molar-refractivity contribution in [1.29, 1.82) is 0 Å². The molecule has 2 aromatic rings. The molecule has 0 radical (unpaired) electrons. The molecule has 1 aliphatic rings. The zero-order valence-corrected chi connectivity index (χ0v) is 18.5. The molecule has 1 heterocycles. The molecule has 1 saturated heterocycles. The second kappa shape index (κ2) is 10.1. The maximum absolute atomic E-state index is 12.9. The Hall–Kier alpha value is -2.38. The van der Waals surface area contributed by atoms with Crippen LogP contribution in [0.15, 0.2) is 47.4 Å². The van der Waals surface area contributed by atoms with Crippen LogP contribution in [0.25, 0.3) is 0 Å². The molecule has 6 nitrogen and oxygen atoms in total. The van der Waals surface area contributed by atoms with Crippen LogP contribution >= 0.6 is 0 Å². The Bertz CT molecular complexity index is 965. The summed E-state index contributed by atoms with van der Waals surface area (Å²) < 4.78 is 32.9. The Morgan fingerprint density at radius 1 is 1.10 bits per heavy atom. The Kier molecular flexibility index (Phi) is 7.50. The molecule has 1 aliphatic heterocycles. The minimum Gasteiger partial charge on any atom is -0.492 e. The van der Waals surface area contributed by atoms with Crippen LogP contribution in [0.1, 0.15) is 47.7 Å². The molecule has 0 atom stereocenters. The van der Waals surface area contributed by atoms with Crippen molar-refractivity contribution >= 4 is 15.9 Å². The van der Waals surface area contributed by atoms with Crippen LogP contribution in [-0.2, 0) is 16.4 Å². The molecule has 0 spiro atoms. The molecule has 2 aromatic carbocycles. The molecule has 1 amide bonds. The van der Waals surface area contributed by atoms with E-state index >= 15 is 0 Å². The summed E-state index contributed by atoms with van der Waals surface area (Å²) in [6, 6.07) is 12.8. The minimum absolute atomic E-state index is 0.209. The third-order valence-corrected chi connectivity index (χ3v) is 7.29. The van der Waals surface area contributed by atoms with Gasteiger partial charge in [-0.15, -0.1) is 0 Å². The van der Waals surface area contributed by atoms with Gasteiger partial charge < -0.3 is 10.1 Å². The summed E-state index contributed by atoms with van der Waals surface area (Å²) in [5, 5.41) is 2.80. The quantitative estimate of drug-likeness (QED) is 0.618. The van der Waals surface area contributed by atoms with Gasteiger partial charge in [0.25, 0.3) is 5.91 Å². The predicted molar refractivity (Wildman–Crippen MR) is 117 cm³/mol. The normalized spacial score (nSPS) is 14.6. The van der Waals surface area contributed by atoms with Crippen molar-refractivity contribution in [3.05, 3.63) is 59.2 Å². The van der Waals surface area contributed by atoms with Gasteiger partial charge in [0.1, 0.15) is 12.4 Å². The van der Waals surface area contributed by atoms with E-state index in [0.717, 1.165) is 31.4 Å². The molecule has 1 fully saturated rings. The fourth-order valence-corrected chi connectivity index (χ4v) is 5.33. The van der Waals surface area contributed by atoms with Gasteiger partial charge in [-0.2, -0.15) is 4.31 Å². The summed E-state index contributed by atoms with van der Waals surface area (Å²) in [5.74, 6) is 0.452. The van der Waals surface area contributed by atoms with E-state index in [9.17, 15) is 13.2 Å². The first-order valence-corrected chi connectivity index (χ1v) is 12.0. The van der Waals surface area contributed by atoms with E-state index in [0.29, 0.717) is 37.4 Å². The van der Waals surface area contributed by atoms with Crippen LogP contribution in [0.2, 0.25) is 0 Å². The molecular formula is C23H30N2O4S. The molecule has 3 rings (SSSR count). The Balaban J connectivity index is 1.56. The lowest BCUT2D eigenvalue weighted by Crippen LogP contribution is -2.30. The number of hydrogen-bond acceptors (Lipinski definition) is 4. The van der Waals surface area contributed by atoms with E-state index < -0.39 is 10.0 Å². The predicted octanol–water partition coefficient (Wildman–Crippen LogP) is 3.54. The second-order valence-electron chi connectivity index (χ2n) is 7.59. The van der Waals surface area contributed by atoms with Crippen LogP contribution in [0.5, 0.6) is 5.75 Å². The van der Waals surface area contributed by atoms with Crippen LogP contribution in [0, 0.1) is 6.92 Å². The monoisotopic (exact) mass is 430 g/mol. The third kappa shape index (κ3) is 5.40. The molecule has 0 saturated carbocycles. The molecule has 1 N–H and O–H groups in total. The summed E-state index contributed by atoms with van der Waals surface area (Å²) in [7, 11) is -3.57. The summed E-state index contributed by atoms with van der Waals surface area (Å²) >= 11 is 0. The Morgan fingerprint density at radius 2 is 1.80 bits per heavy atom. The first kappa shape index (κ1) is 22.3. The first-order chi connectivity index (χ1) is 14.4. The number of nitrogens with zero attached hydrogens (tertiary/aromatic N) is 1. The third-order valence-electron chi connectivity index (χ3n) is 5.25. The number of hydrogen-bond donors (Lipinski definition) is 1. The molecule has 162 valence electrons. The van der Waals surface area contributed by atoms with E-state index in [1.54, 1.807) is 19.1 Å². The van der Waals surface area contributed by atoms with E-state index in [1.807, 2.05) is 24.3 Å². The van der Waals surface area contributed by atoms with E-state index in [1.165, 1.54) is 15.9 Å². The summed E-state index contributed by atoms with van der Waals surface area (Å²) in [4.78, 5) is 12.7. The number of carbonyl (C=O) groups is 1. The number of amides is 1. The highest BCUT2D eigenvalue weighted by Gasteiger charge is 2.29. The highest BCUT2D eigenvalue weighted by Crippen LogP contribution is 2.24. The van der Waals surface area contributed by atoms with Gasteiger partial charge in [0.2, 0.25) is 10.0 Å². The van der Waals surface area contributed by atoms with Crippen molar-refractivity contribution < 1.29 is 17.9 Å². The number of nitrogens with one attached hydrogen (secondary N) is 1. The molecule has 30 heavy (non-hydrogen) atoms. The molecule has 0 aromatic heterocycles.